The maximum Gasteiger partial charge on any atom is 0.314 e. The predicted molar refractivity (Wildman–Crippen MR) is 68.1 cm³/mol. The molecule has 1 fully saturated rings. The van der Waals surface area contributed by atoms with Crippen molar-refractivity contribution < 1.29 is 9.53 Å². The van der Waals surface area contributed by atoms with E-state index < -0.39 is 0 Å². The van der Waals surface area contributed by atoms with Gasteiger partial charge >= 0.3 is 5.97 Å². The van der Waals surface area contributed by atoms with Crippen LogP contribution in [0.4, 0.5) is 0 Å². The number of carbonyl (C=O) groups is 1. The second kappa shape index (κ2) is 4.52. The topological polar surface area (TPSA) is 26.3 Å². The first-order valence-electron chi connectivity index (χ1n) is 6.29. The van der Waals surface area contributed by atoms with Gasteiger partial charge in [-0.25, -0.2) is 0 Å². The minimum Gasteiger partial charge on any atom is -0.426 e. The Morgan fingerprint density at radius 3 is 2.18 bits per heavy atom. The summed E-state index contributed by atoms with van der Waals surface area (Å²) in [6.45, 7) is 6.51. The van der Waals surface area contributed by atoms with Crippen LogP contribution in [0.2, 0.25) is 0 Å². The molecule has 0 aliphatic heterocycles. The van der Waals surface area contributed by atoms with E-state index in [1.54, 1.807) is 0 Å². The Morgan fingerprint density at radius 2 is 1.76 bits per heavy atom. The van der Waals surface area contributed by atoms with Crippen LogP contribution >= 0.6 is 0 Å². The summed E-state index contributed by atoms with van der Waals surface area (Å²) in [5, 5.41) is 0. The van der Waals surface area contributed by atoms with Crippen LogP contribution in [0.15, 0.2) is 24.3 Å². The number of esters is 1. The van der Waals surface area contributed by atoms with Gasteiger partial charge in [-0.05, 0) is 36.0 Å². The van der Waals surface area contributed by atoms with Gasteiger partial charge < -0.3 is 4.74 Å². The van der Waals surface area contributed by atoms with E-state index in [9.17, 15) is 4.79 Å². The maximum absolute atomic E-state index is 11.7. The highest BCUT2D eigenvalue weighted by Gasteiger charge is 2.27. The highest BCUT2D eigenvalue weighted by molar-refractivity contribution is 5.75. The first kappa shape index (κ1) is 12.2. The summed E-state index contributed by atoms with van der Waals surface area (Å²) in [5.74, 6) is 0.729. The van der Waals surface area contributed by atoms with Crippen molar-refractivity contribution in [1.82, 2.24) is 0 Å². The highest BCUT2D eigenvalue weighted by Crippen LogP contribution is 2.29. The molecule has 0 N–H and O–H groups in total. The van der Waals surface area contributed by atoms with E-state index in [0.717, 1.165) is 19.3 Å². The lowest BCUT2D eigenvalue weighted by Gasteiger charge is -2.23. The van der Waals surface area contributed by atoms with Crippen LogP contribution in [0.1, 0.15) is 45.6 Å². The molecule has 0 heterocycles. The molecule has 2 heteroatoms. The molecule has 0 spiro atoms. The molecule has 0 atom stereocenters. The molecule has 0 unspecified atom stereocenters. The molecule has 1 saturated carbocycles. The zero-order chi connectivity index (χ0) is 12.5. The van der Waals surface area contributed by atoms with Gasteiger partial charge in [0.05, 0.1) is 5.92 Å². The summed E-state index contributed by atoms with van der Waals surface area (Å²) in [6, 6.07) is 7.83. The summed E-state index contributed by atoms with van der Waals surface area (Å²) in [5.41, 5.74) is 1.39. The van der Waals surface area contributed by atoms with Gasteiger partial charge in [-0.1, -0.05) is 39.3 Å². The third-order valence-electron chi connectivity index (χ3n) is 3.38. The van der Waals surface area contributed by atoms with Crippen molar-refractivity contribution in [1.29, 1.82) is 0 Å². The Hall–Kier alpha value is -1.31. The van der Waals surface area contributed by atoms with Crippen molar-refractivity contribution in [3.63, 3.8) is 0 Å². The molecule has 2 nitrogen and oxygen atoms in total. The SMILES string of the molecule is CC(C)(C)c1ccc(OC(=O)C2CCC2)cc1. The lowest BCUT2D eigenvalue weighted by atomic mass is 9.85. The Bertz CT molecular complexity index is 394. The second-order valence-electron chi connectivity index (χ2n) is 5.82. The molecule has 2 rings (SSSR count). The van der Waals surface area contributed by atoms with Crippen molar-refractivity contribution in [3.8, 4) is 5.75 Å². The number of ether oxygens (including phenoxy) is 1. The first-order valence-corrected chi connectivity index (χ1v) is 6.29. The number of hydrogen-bond acceptors (Lipinski definition) is 2. The van der Waals surface area contributed by atoms with Crippen molar-refractivity contribution in [2.75, 3.05) is 0 Å². The number of carbonyl (C=O) groups excluding carboxylic acids is 1. The molecule has 1 aliphatic carbocycles. The summed E-state index contributed by atoms with van der Waals surface area (Å²) < 4.78 is 5.35. The van der Waals surface area contributed by atoms with Crippen LogP contribution in [-0.2, 0) is 10.2 Å². The molecule has 0 amide bonds. The summed E-state index contributed by atoms with van der Waals surface area (Å²) >= 11 is 0. The Balaban J connectivity index is 2.00. The predicted octanol–water partition coefficient (Wildman–Crippen LogP) is 3.69. The fraction of sp³-hybridized carbons (Fsp3) is 0.533. The Kier molecular flexibility index (Phi) is 3.23. The van der Waals surface area contributed by atoms with Gasteiger partial charge in [-0.2, -0.15) is 0 Å². The van der Waals surface area contributed by atoms with Gasteiger partial charge in [0, 0.05) is 0 Å². The normalized spacial score (nSPS) is 16.4. The molecule has 1 aromatic carbocycles. The van der Waals surface area contributed by atoms with E-state index in [4.69, 9.17) is 4.74 Å². The molecular formula is C15H20O2. The highest BCUT2D eigenvalue weighted by atomic mass is 16.5. The van der Waals surface area contributed by atoms with E-state index in [0.29, 0.717) is 5.75 Å². The Labute approximate surface area is 103 Å². The van der Waals surface area contributed by atoms with Crippen LogP contribution in [0.3, 0.4) is 0 Å². The summed E-state index contributed by atoms with van der Waals surface area (Å²) in [4.78, 5) is 11.7. The number of hydrogen-bond donors (Lipinski definition) is 0. The average molecular weight is 232 g/mol. The molecule has 92 valence electrons. The minimum absolute atomic E-state index is 0.0697. The average Bonchev–Trinajstić information content (AvgIpc) is 2.13. The molecule has 0 aromatic heterocycles. The van der Waals surface area contributed by atoms with Crippen LogP contribution in [0, 0.1) is 5.92 Å². The third-order valence-corrected chi connectivity index (χ3v) is 3.38. The van der Waals surface area contributed by atoms with E-state index >= 15 is 0 Å². The van der Waals surface area contributed by atoms with Crippen molar-refractivity contribution in [2.45, 2.75) is 45.4 Å². The smallest absolute Gasteiger partial charge is 0.314 e. The number of rotatable bonds is 2. The minimum atomic E-state index is -0.0697. The van der Waals surface area contributed by atoms with Gasteiger partial charge in [0.25, 0.3) is 0 Å². The first-order chi connectivity index (χ1) is 7.97. The van der Waals surface area contributed by atoms with Crippen molar-refractivity contribution in [2.24, 2.45) is 5.92 Å². The van der Waals surface area contributed by atoms with Crippen molar-refractivity contribution >= 4 is 5.97 Å². The summed E-state index contributed by atoms with van der Waals surface area (Å²) in [6.07, 6.45) is 3.13. The molecule has 1 aromatic rings. The van der Waals surface area contributed by atoms with Gasteiger partial charge in [0.2, 0.25) is 0 Å². The largest absolute Gasteiger partial charge is 0.426 e. The fourth-order valence-electron chi connectivity index (χ4n) is 1.87. The lowest BCUT2D eigenvalue weighted by Crippen LogP contribution is -2.26. The summed E-state index contributed by atoms with van der Waals surface area (Å²) in [7, 11) is 0. The van der Waals surface area contributed by atoms with Crippen molar-refractivity contribution in [3.05, 3.63) is 29.8 Å². The fourth-order valence-corrected chi connectivity index (χ4v) is 1.87. The molecule has 17 heavy (non-hydrogen) atoms. The van der Waals surface area contributed by atoms with E-state index in [-0.39, 0.29) is 17.3 Å². The maximum atomic E-state index is 11.7. The van der Waals surface area contributed by atoms with E-state index in [1.165, 1.54) is 5.56 Å². The number of benzene rings is 1. The second-order valence-corrected chi connectivity index (χ2v) is 5.82. The van der Waals surface area contributed by atoms with Crippen LogP contribution in [-0.4, -0.2) is 5.97 Å². The monoisotopic (exact) mass is 232 g/mol. The van der Waals surface area contributed by atoms with Gasteiger partial charge in [0.15, 0.2) is 0 Å². The van der Waals surface area contributed by atoms with Crippen LogP contribution in [0.5, 0.6) is 5.75 Å². The van der Waals surface area contributed by atoms with Crippen LogP contribution < -0.4 is 4.74 Å². The standard InChI is InChI=1S/C15H20O2/c1-15(2,3)12-7-9-13(10-8-12)17-14(16)11-5-4-6-11/h7-11H,4-6H2,1-3H3. The third kappa shape index (κ3) is 2.87. The molecule has 1 aliphatic rings. The van der Waals surface area contributed by atoms with Gasteiger partial charge in [-0.3, -0.25) is 4.79 Å². The zero-order valence-corrected chi connectivity index (χ0v) is 10.8. The van der Waals surface area contributed by atoms with Crippen LogP contribution in [0.25, 0.3) is 0 Å². The van der Waals surface area contributed by atoms with Gasteiger partial charge in [0.1, 0.15) is 5.75 Å². The zero-order valence-electron chi connectivity index (χ0n) is 10.8. The molecule has 0 radical (unpaired) electrons. The quantitative estimate of drug-likeness (QED) is 0.574. The van der Waals surface area contributed by atoms with Gasteiger partial charge in [-0.15, -0.1) is 0 Å². The van der Waals surface area contributed by atoms with E-state index in [1.807, 2.05) is 24.3 Å². The lowest BCUT2D eigenvalue weighted by molar-refractivity contribution is -0.141. The molecular weight excluding hydrogens is 212 g/mol. The Morgan fingerprint density at radius 1 is 1.18 bits per heavy atom. The molecule has 0 bridgehead atoms. The molecule has 0 saturated heterocycles. The van der Waals surface area contributed by atoms with E-state index in [2.05, 4.69) is 20.8 Å².